The van der Waals surface area contributed by atoms with Gasteiger partial charge in [0.25, 0.3) is 5.91 Å². The van der Waals surface area contributed by atoms with Gasteiger partial charge in [-0.3, -0.25) is 4.79 Å². The van der Waals surface area contributed by atoms with Crippen LogP contribution in [-0.4, -0.2) is 39.5 Å². The second-order valence-corrected chi connectivity index (χ2v) is 9.01. The first-order valence-corrected chi connectivity index (χ1v) is 10.3. The molecule has 2 aromatic rings. The lowest BCUT2D eigenvalue weighted by atomic mass is 10.1. The zero-order chi connectivity index (χ0) is 22.5. The molecule has 0 spiro atoms. The lowest BCUT2D eigenvalue weighted by Gasteiger charge is -2.21. The first-order chi connectivity index (χ1) is 13.9. The molecule has 0 fully saturated rings. The number of sulfonamides is 1. The van der Waals surface area contributed by atoms with Crippen molar-refractivity contribution in [3.05, 3.63) is 53.8 Å². The number of carbonyl (C=O) groups is 2. The Morgan fingerprint density at radius 1 is 1.10 bits per heavy atom. The summed E-state index contributed by atoms with van der Waals surface area (Å²) >= 11 is 0. The molecule has 0 bridgehead atoms. The summed E-state index contributed by atoms with van der Waals surface area (Å²) in [5, 5.41) is 2.39. The molecule has 0 saturated heterocycles. The van der Waals surface area contributed by atoms with E-state index in [4.69, 9.17) is 9.47 Å². The van der Waals surface area contributed by atoms with Crippen molar-refractivity contribution in [3.63, 3.8) is 0 Å². The van der Waals surface area contributed by atoms with Gasteiger partial charge >= 0.3 is 5.97 Å². The van der Waals surface area contributed by atoms with Crippen LogP contribution in [-0.2, 0) is 19.6 Å². The van der Waals surface area contributed by atoms with Gasteiger partial charge in [-0.25, -0.2) is 22.3 Å². The van der Waals surface area contributed by atoms with Crippen molar-refractivity contribution in [1.29, 1.82) is 0 Å². The largest absolute Gasteiger partial charge is 0.495 e. The third-order valence-electron chi connectivity index (χ3n) is 3.57. The van der Waals surface area contributed by atoms with Gasteiger partial charge in [-0.1, -0.05) is 6.07 Å². The van der Waals surface area contributed by atoms with Crippen molar-refractivity contribution < 1.29 is 31.9 Å². The molecule has 162 valence electrons. The van der Waals surface area contributed by atoms with E-state index in [1.54, 1.807) is 20.8 Å². The van der Waals surface area contributed by atoms with E-state index in [0.717, 1.165) is 12.1 Å². The Morgan fingerprint density at radius 3 is 2.40 bits per heavy atom. The van der Waals surface area contributed by atoms with Crippen molar-refractivity contribution in [2.24, 2.45) is 0 Å². The summed E-state index contributed by atoms with van der Waals surface area (Å²) in [4.78, 5) is 24.0. The highest BCUT2D eigenvalue weighted by molar-refractivity contribution is 7.89. The first-order valence-electron chi connectivity index (χ1n) is 8.86. The minimum atomic E-state index is -3.99. The van der Waals surface area contributed by atoms with Crippen LogP contribution in [0, 0.1) is 5.82 Å². The Hall–Kier alpha value is -2.98. The first kappa shape index (κ1) is 23.3. The molecule has 0 aliphatic heterocycles. The molecule has 0 saturated carbocycles. The number of hydrogen-bond donors (Lipinski definition) is 2. The number of ether oxygens (including phenoxy) is 2. The minimum Gasteiger partial charge on any atom is -0.495 e. The molecule has 0 aromatic heterocycles. The zero-order valence-corrected chi connectivity index (χ0v) is 17.8. The van der Waals surface area contributed by atoms with E-state index >= 15 is 0 Å². The molecule has 0 radical (unpaired) electrons. The van der Waals surface area contributed by atoms with Gasteiger partial charge in [0.2, 0.25) is 10.0 Å². The van der Waals surface area contributed by atoms with Crippen LogP contribution in [0.5, 0.6) is 5.75 Å². The summed E-state index contributed by atoms with van der Waals surface area (Å²) in [6, 6.07) is 8.98. The molecule has 2 aromatic carbocycles. The fraction of sp³-hybridized carbons (Fsp3) is 0.300. The van der Waals surface area contributed by atoms with E-state index in [-0.39, 0.29) is 21.9 Å². The van der Waals surface area contributed by atoms with E-state index in [1.807, 2.05) is 0 Å². The van der Waals surface area contributed by atoms with Crippen LogP contribution in [0.25, 0.3) is 0 Å². The molecule has 0 unspecified atom stereocenters. The predicted octanol–water partition coefficient (Wildman–Crippen LogP) is 2.71. The maximum Gasteiger partial charge on any atom is 0.338 e. The van der Waals surface area contributed by atoms with Crippen molar-refractivity contribution in [2.75, 3.05) is 19.0 Å². The van der Waals surface area contributed by atoms with Crippen LogP contribution in [0.15, 0.2) is 47.4 Å². The quantitative estimate of drug-likeness (QED) is 0.643. The number of halogens is 1. The maximum absolute atomic E-state index is 13.2. The standard InChI is InChI=1S/C20H23FN2O6S/c1-20(2,3)23-30(26,27)17-10-13(8-9-16(17)28-4)19(25)29-12-18(24)22-15-7-5-6-14(21)11-15/h5-11,23H,12H2,1-4H3,(H,22,24). The van der Waals surface area contributed by atoms with Gasteiger partial charge in [-0.05, 0) is 57.2 Å². The van der Waals surface area contributed by atoms with E-state index in [9.17, 15) is 22.4 Å². The number of hydrogen-bond acceptors (Lipinski definition) is 6. The molecular formula is C20H23FN2O6S. The number of nitrogens with one attached hydrogen (secondary N) is 2. The van der Waals surface area contributed by atoms with Gasteiger partial charge in [-0.2, -0.15) is 0 Å². The van der Waals surface area contributed by atoms with Crippen molar-refractivity contribution in [3.8, 4) is 5.75 Å². The molecule has 0 heterocycles. The SMILES string of the molecule is COc1ccc(C(=O)OCC(=O)Nc2cccc(F)c2)cc1S(=O)(=O)NC(C)(C)C. The molecule has 1 amide bonds. The van der Waals surface area contributed by atoms with Crippen LogP contribution in [0.2, 0.25) is 0 Å². The van der Waals surface area contributed by atoms with Gasteiger partial charge in [0.15, 0.2) is 6.61 Å². The lowest BCUT2D eigenvalue weighted by Crippen LogP contribution is -2.40. The second kappa shape index (κ2) is 9.23. The summed E-state index contributed by atoms with van der Waals surface area (Å²) < 4.78 is 51.0. The molecule has 30 heavy (non-hydrogen) atoms. The van der Waals surface area contributed by atoms with E-state index < -0.39 is 39.9 Å². The van der Waals surface area contributed by atoms with Crippen LogP contribution >= 0.6 is 0 Å². The monoisotopic (exact) mass is 438 g/mol. The van der Waals surface area contributed by atoms with Crippen LogP contribution in [0.4, 0.5) is 10.1 Å². The molecule has 2 rings (SSSR count). The minimum absolute atomic E-state index is 0.0483. The Morgan fingerprint density at radius 2 is 1.80 bits per heavy atom. The Balaban J connectivity index is 2.13. The number of carbonyl (C=O) groups excluding carboxylic acids is 2. The Bertz CT molecular complexity index is 1050. The average Bonchev–Trinajstić information content (AvgIpc) is 2.63. The molecular weight excluding hydrogens is 415 g/mol. The number of amides is 1. The number of rotatable bonds is 7. The highest BCUT2D eigenvalue weighted by atomic mass is 32.2. The van der Waals surface area contributed by atoms with Crippen LogP contribution in [0.1, 0.15) is 31.1 Å². The Kier molecular flexibility index (Phi) is 7.16. The summed E-state index contributed by atoms with van der Waals surface area (Å²) in [5.74, 6) is -2.06. The van der Waals surface area contributed by atoms with Gasteiger partial charge in [0.05, 0.1) is 12.7 Å². The normalized spacial score (nSPS) is 11.6. The van der Waals surface area contributed by atoms with Gasteiger partial charge in [0, 0.05) is 11.2 Å². The van der Waals surface area contributed by atoms with E-state index in [1.165, 1.54) is 37.4 Å². The van der Waals surface area contributed by atoms with Crippen molar-refractivity contribution in [2.45, 2.75) is 31.2 Å². The molecule has 10 heteroatoms. The van der Waals surface area contributed by atoms with Gasteiger partial charge in [0.1, 0.15) is 16.5 Å². The van der Waals surface area contributed by atoms with Crippen molar-refractivity contribution in [1.82, 2.24) is 4.72 Å². The number of anilines is 1. The topological polar surface area (TPSA) is 111 Å². The average molecular weight is 438 g/mol. The van der Waals surface area contributed by atoms with Gasteiger partial charge < -0.3 is 14.8 Å². The lowest BCUT2D eigenvalue weighted by molar-refractivity contribution is -0.119. The number of benzene rings is 2. The fourth-order valence-electron chi connectivity index (χ4n) is 2.45. The highest BCUT2D eigenvalue weighted by Gasteiger charge is 2.26. The third kappa shape index (κ3) is 6.53. The zero-order valence-electron chi connectivity index (χ0n) is 17.0. The van der Waals surface area contributed by atoms with Crippen LogP contribution in [0.3, 0.4) is 0 Å². The molecule has 0 atom stereocenters. The molecule has 8 nitrogen and oxygen atoms in total. The smallest absolute Gasteiger partial charge is 0.338 e. The maximum atomic E-state index is 13.2. The van der Waals surface area contributed by atoms with Crippen molar-refractivity contribution >= 4 is 27.6 Å². The van der Waals surface area contributed by atoms with E-state index in [2.05, 4.69) is 10.0 Å². The summed E-state index contributed by atoms with van der Waals surface area (Å²) in [7, 11) is -2.68. The number of esters is 1. The second-order valence-electron chi connectivity index (χ2n) is 7.36. The summed E-state index contributed by atoms with van der Waals surface area (Å²) in [6.45, 7) is 4.38. The van der Waals surface area contributed by atoms with Crippen LogP contribution < -0.4 is 14.8 Å². The third-order valence-corrected chi connectivity index (χ3v) is 5.35. The fourth-order valence-corrected chi connectivity index (χ4v) is 4.06. The highest BCUT2D eigenvalue weighted by Crippen LogP contribution is 2.26. The molecule has 0 aliphatic rings. The molecule has 2 N–H and O–H groups in total. The molecule has 0 aliphatic carbocycles. The number of methoxy groups -OCH3 is 1. The Labute approximate surface area is 174 Å². The summed E-state index contributed by atoms with van der Waals surface area (Å²) in [6.07, 6.45) is 0. The van der Waals surface area contributed by atoms with Gasteiger partial charge in [-0.15, -0.1) is 0 Å². The van der Waals surface area contributed by atoms with E-state index in [0.29, 0.717) is 0 Å². The summed E-state index contributed by atoms with van der Waals surface area (Å²) in [5.41, 5.74) is -0.624. The predicted molar refractivity (Wildman–Crippen MR) is 108 cm³/mol.